The zero-order valence-electron chi connectivity index (χ0n) is 15.8. The van der Waals surface area contributed by atoms with E-state index in [1.807, 2.05) is 30.3 Å². The van der Waals surface area contributed by atoms with E-state index in [2.05, 4.69) is 41.4 Å². The van der Waals surface area contributed by atoms with Crippen LogP contribution in [-0.4, -0.2) is 38.4 Å². The minimum atomic E-state index is -0.178. The van der Waals surface area contributed by atoms with Crippen molar-refractivity contribution in [1.82, 2.24) is 5.43 Å². The third-order valence-electron chi connectivity index (χ3n) is 4.40. The van der Waals surface area contributed by atoms with Crippen molar-refractivity contribution < 1.29 is 14.3 Å². The van der Waals surface area contributed by atoms with E-state index in [1.54, 1.807) is 6.21 Å². The minimum Gasteiger partial charge on any atom is -0.486 e. The Morgan fingerprint density at radius 3 is 2.48 bits per heavy atom. The first kappa shape index (κ1) is 18.8. The molecule has 2 aromatic rings. The molecule has 3 rings (SSSR count). The quantitative estimate of drug-likeness (QED) is 0.604. The highest BCUT2D eigenvalue weighted by atomic mass is 16.6. The van der Waals surface area contributed by atoms with E-state index < -0.39 is 0 Å². The summed E-state index contributed by atoms with van der Waals surface area (Å²) in [5, 5.41) is 4.05. The van der Waals surface area contributed by atoms with Crippen LogP contribution >= 0.6 is 0 Å². The van der Waals surface area contributed by atoms with Crippen molar-refractivity contribution in [2.45, 2.75) is 20.3 Å². The van der Waals surface area contributed by atoms with E-state index in [-0.39, 0.29) is 12.3 Å². The van der Waals surface area contributed by atoms with E-state index in [1.165, 1.54) is 5.69 Å². The maximum Gasteiger partial charge on any atom is 0.244 e. The molecule has 6 heteroatoms. The fourth-order valence-electron chi connectivity index (χ4n) is 2.96. The van der Waals surface area contributed by atoms with Crippen molar-refractivity contribution in [3.63, 3.8) is 0 Å². The number of anilines is 1. The molecular weight excluding hydrogens is 342 g/mol. The van der Waals surface area contributed by atoms with Crippen molar-refractivity contribution in [3.05, 3.63) is 53.6 Å². The lowest BCUT2D eigenvalue weighted by molar-refractivity contribution is -0.120. The van der Waals surface area contributed by atoms with Crippen LogP contribution in [0.3, 0.4) is 0 Å². The summed E-state index contributed by atoms with van der Waals surface area (Å²) in [4.78, 5) is 14.4. The number of amides is 1. The van der Waals surface area contributed by atoms with Crippen molar-refractivity contribution in [2.24, 2.45) is 5.10 Å². The fourth-order valence-corrected chi connectivity index (χ4v) is 2.96. The third kappa shape index (κ3) is 5.00. The molecule has 0 unspecified atom stereocenters. The molecule has 0 atom stereocenters. The Morgan fingerprint density at radius 2 is 1.78 bits per heavy atom. The van der Waals surface area contributed by atoms with Gasteiger partial charge >= 0.3 is 0 Å². The van der Waals surface area contributed by atoms with Crippen molar-refractivity contribution in [3.8, 4) is 11.5 Å². The SMILES string of the molecule is CCN(CC)c1ccc(/C=N/NC(=O)Cc2ccc3c(c2)OCCO3)cc1. The Bertz CT molecular complexity index is 799. The standard InChI is InChI=1S/C21H25N3O3/c1-3-24(4-2)18-8-5-16(6-9-18)15-22-23-21(25)14-17-7-10-19-20(13-17)27-12-11-26-19/h5-10,13,15H,3-4,11-12,14H2,1-2H3,(H,23,25)/b22-15+. The van der Waals surface area contributed by atoms with E-state index in [0.717, 1.165) is 30.0 Å². The van der Waals surface area contributed by atoms with Gasteiger partial charge in [-0.3, -0.25) is 4.79 Å². The number of hydrogen-bond acceptors (Lipinski definition) is 5. The molecule has 0 saturated carbocycles. The topological polar surface area (TPSA) is 63.2 Å². The smallest absolute Gasteiger partial charge is 0.244 e. The second-order valence-electron chi connectivity index (χ2n) is 6.21. The van der Waals surface area contributed by atoms with Crippen LogP contribution in [0.4, 0.5) is 5.69 Å². The molecule has 1 amide bonds. The van der Waals surface area contributed by atoms with Crippen LogP contribution in [0.15, 0.2) is 47.6 Å². The normalized spacial score (nSPS) is 12.8. The number of carbonyl (C=O) groups is 1. The van der Waals surface area contributed by atoms with Gasteiger partial charge in [0.25, 0.3) is 0 Å². The Morgan fingerprint density at radius 1 is 1.07 bits per heavy atom. The first-order valence-electron chi connectivity index (χ1n) is 9.25. The van der Waals surface area contributed by atoms with E-state index in [9.17, 15) is 4.79 Å². The average molecular weight is 367 g/mol. The molecule has 2 aromatic carbocycles. The first-order chi connectivity index (χ1) is 13.2. The van der Waals surface area contributed by atoms with Crippen LogP contribution in [0.5, 0.6) is 11.5 Å². The van der Waals surface area contributed by atoms with Crippen LogP contribution in [-0.2, 0) is 11.2 Å². The Hall–Kier alpha value is -3.02. The van der Waals surface area contributed by atoms with Crippen molar-refractivity contribution in [2.75, 3.05) is 31.2 Å². The highest BCUT2D eigenvalue weighted by Crippen LogP contribution is 2.30. The molecule has 0 aromatic heterocycles. The largest absolute Gasteiger partial charge is 0.486 e. The Labute approximate surface area is 159 Å². The molecule has 27 heavy (non-hydrogen) atoms. The molecule has 0 fully saturated rings. The van der Waals surface area contributed by atoms with Gasteiger partial charge in [0.2, 0.25) is 5.91 Å². The van der Waals surface area contributed by atoms with Crippen LogP contribution in [0.1, 0.15) is 25.0 Å². The van der Waals surface area contributed by atoms with Gasteiger partial charge in [0.15, 0.2) is 11.5 Å². The summed E-state index contributed by atoms with van der Waals surface area (Å²) in [5.41, 5.74) is 5.54. The Kier molecular flexibility index (Phi) is 6.30. The van der Waals surface area contributed by atoms with Crippen molar-refractivity contribution in [1.29, 1.82) is 0 Å². The zero-order chi connectivity index (χ0) is 19.1. The van der Waals surface area contributed by atoms with E-state index in [4.69, 9.17) is 9.47 Å². The van der Waals surface area contributed by atoms with Gasteiger partial charge in [-0.05, 0) is 49.2 Å². The fraction of sp³-hybridized carbons (Fsp3) is 0.333. The van der Waals surface area contributed by atoms with Crippen LogP contribution in [0.25, 0.3) is 0 Å². The number of nitrogens with zero attached hydrogens (tertiary/aromatic N) is 2. The molecule has 1 heterocycles. The molecule has 1 aliphatic heterocycles. The van der Waals surface area contributed by atoms with Gasteiger partial charge in [-0.1, -0.05) is 18.2 Å². The number of hydrogen-bond donors (Lipinski definition) is 1. The Balaban J connectivity index is 1.53. The summed E-state index contributed by atoms with van der Waals surface area (Å²) in [7, 11) is 0. The minimum absolute atomic E-state index is 0.178. The maximum absolute atomic E-state index is 12.1. The zero-order valence-corrected chi connectivity index (χ0v) is 15.8. The lowest BCUT2D eigenvalue weighted by Crippen LogP contribution is -2.21. The number of fused-ring (bicyclic) bond motifs is 1. The maximum atomic E-state index is 12.1. The first-order valence-corrected chi connectivity index (χ1v) is 9.25. The molecule has 0 saturated heterocycles. The molecular formula is C21H25N3O3. The molecule has 0 aliphatic carbocycles. The van der Waals surface area contributed by atoms with Gasteiger partial charge in [0.1, 0.15) is 13.2 Å². The monoisotopic (exact) mass is 367 g/mol. The van der Waals surface area contributed by atoms with Gasteiger partial charge in [-0.2, -0.15) is 5.10 Å². The molecule has 1 aliphatic rings. The van der Waals surface area contributed by atoms with Crippen LogP contribution in [0.2, 0.25) is 0 Å². The van der Waals surface area contributed by atoms with Gasteiger partial charge in [0, 0.05) is 18.8 Å². The van der Waals surface area contributed by atoms with E-state index >= 15 is 0 Å². The second-order valence-corrected chi connectivity index (χ2v) is 6.21. The molecule has 6 nitrogen and oxygen atoms in total. The average Bonchev–Trinajstić information content (AvgIpc) is 2.70. The highest BCUT2D eigenvalue weighted by Gasteiger charge is 2.13. The second kappa shape index (κ2) is 9.07. The summed E-state index contributed by atoms with van der Waals surface area (Å²) in [6, 6.07) is 13.6. The molecule has 0 bridgehead atoms. The predicted octanol–water partition coefficient (Wildman–Crippen LogP) is 3.00. The summed E-state index contributed by atoms with van der Waals surface area (Å²) in [5.74, 6) is 1.22. The summed E-state index contributed by atoms with van der Waals surface area (Å²) < 4.78 is 11.0. The van der Waals surface area contributed by atoms with Crippen molar-refractivity contribution >= 4 is 17.8 Å². The number of benzene rings is 2. The number of hydrazone groups is 1. The van der Waals surface area contributed by atoms with E-state index in [0.29, 0.717) is 19.0 Å². The van der Waals surface area contributed by atoms with Gasteiger partial charge < -0.3 is 14.4 Å². The number of nitrogens with one attached hydrogen (secondary N) is 1. The van der Waals surface area contributed by atoms with Crippen LogP contribution in [0, 0.1) is 0 Å². The summed E-state index contributed by atoms with van der Waals surface area (Å²) in [6.45, 7) is 7.30. The van der Waals surface area contributed by atoms with Crippen LogP contribution < -0.4 is 19.8 Å². The van der Waals surface area contributed by atoms with Gasteiger partial charge in [0.05, 0.1) is 12.6 Å². The number of carbonyl (C=O) groups excluding carboxylic acids is 1. The molecule has 1 N–H and O–H groups in total. The number of ether oxygens (including phenoxy) is 2. The summed E-state index contributed by atoms with van der Waals surface area (Å²) >= 11 is 0. The highest BCUT2D eigenvalue weighted by molar-refractivity contribution is 5.83. The molecule has 0 radical (unpaired) electrons. The predicted molar refractivity (Wildman–Crippen MR) is 107 cm³/mol. The lowest BCUT2D eigenvalue weighted by atomic mass is 10.1. The number of rotatable bonds is 7. The molecule has 142 valence electrons. The molecule has 0 spiro atoms. The van der Waals surface area contributed by atoms with Gasteiger partial charge in [-0.15, -0.1) is 0 Å². The lowest BCUT2D eigenvalue weighted by Gasteiger charge is -2.20. The summed E-state index contributed by atoms with van der Waals surface area (Å²) in [6.07, 6.45) is 1.88. The third-order valence-corrected chi connectivity index (χ3v) is 4.40. The van der Waals surface area contributed by atoms with Gasteiger partial charge in [-0.25, -0.2) is 5.43 Å².